The Labute approximate surface area is 208 Å². The molecule has 1 aliphatic heterocycles. The van der Waals surface area contributed by atoms with Gasteiger partial charge < -0.3 is 19.5 Å². The molecule has 1 aromatic heterocycles. The topological polar surface area (TPSA) is 123 Å². The Bertz CT molecular complexity index is 1330. The van der Waals surface area contributed by atoms with E-state index >= 15 is 0 Å². The molecule has 0 spiro atoms. The van der Waals surface area contributed by atoms with E-state index in [1.807, 2.05) is 11.5 Å². The number of benzene rings is 2. The SMILES string of the molecule is COC(=O)CN(C)C(=O)c1cccc2nc3n(c12)C(C)CCCCNC(=O)c1cccc(c1)C(=O)N3. The number of amides is 3. The Morgan fingerprint density at radius 1 is 1.11 bits per heavy atom. The number of aromatic nitrogens is 2. The number of rotatable bonds is 3. The second-order valence-corrected chi connectivity index (χ2v) is 8.85. The van der Waals surface area contributed by atoms with Crippen molar-refractivity contribution in [1.29, 1.82) is 0 Å². The Morgan fingerprint density at radius 3 is 2.58 bits per heavy atom. The number of fused-ring (bicyclic) bond motifs is 5. The molecule has 2 heterocycles. The molecular formula is C26H29N5O5. The van der Waals surface area contributed by atoms with Gasteiger partial charge in [-0.3, -0.25) is 24.5 Å². The second-order valence-electron chi connectivity index (χ2n) is 8.85. The van der Waals surface area contributed by atoms with Crippen LogP contribution in [0.2, 0.25) is 0 Å². The minimum absolute atomic E-state index is 0.116. The summed E-state index contributed by atoms with van der Waals surface area (Å²) in [5.41, 5.74) is 2.22. The number of likely N-dealkylation sites (N-methyl/N-ethyl adjacent to an activating group) is 1. The molecule has 2 aromatic carbocycles. The number of esters is 1. The first-order chi connectivity index (χ1) is 17.3. The lowest BCUT2D eigenvalue weighted by Gasteiger charge is -2.21. The van der Waals surface area contributed by atoms with Crippen LogP contribution in [0.25, 0.3) is 11.0 Å². The summed E-state index contributed by atoms with van der Waals surface area (Å²) in [4.78, 5) is 56.6. The Balaban J connectivity index is 1.80. The van der Waals surface area contributed by atoms with Crippen molar-refractivity contribution in [3.05, 3.63) is 59.2 Å². The lowest BCUT2D eigenvalue weighted by Crippen LogP contribution is -2.33. The lowest BCUT2D eigenvalue weighted by molar-refractivity contribution is -0.141. The maximum absolute atomic E-state index is 13.3. The van der Waals surface area contributed by atoms with Gasteiger partial charge in [0.25, 0.3) is 17.7 Å². The third-order valence-corrected chi connectivity index (χ3v) is 6.27. The molecule has 0 saturated carbocycles. The summed E-state index contributed by atoms with van der Waals surface area (Å²) >= 11 is 0. The molecule has 188 valence electrons. The van der Waals surface area contributed by atoms with E-state index in [9.17, 15) is 19.2 Å². The van der Waals surface area contributed by atoms with Crippen LogP contribution < -0.4 is 10.6 Å². The number of carbonyl (C=O) groups excluding carboxylic acids is 4. The van der Waals surface area contributed by atoms with Gasteiger partial charge in [0.15, 0.2) is 0 Å². The first-order valence-corrected chi connectivity index (χ1v) is 11.8. The number of nitrogens with zero attached hydrogens (tertiary/aromatic N) is 3. The summed E-state index contributed by atoms with van der Waals surface area (Å²) in [6.07, 6.45) is 2.32. The molecule has 0 fully saturated rings. The third-order valence-electron chi connectivity index (χ3n) is 6.27. The number of hydrogen-bond donors (Lipinski definition) is 2. The predicted molar refractivity (Wildman–Crippen MR) is 134 cm³/mol. The van der Waals surface area contributed by atoms with Crippen LogP contribution in [0.1, 0.15) is 63.3 Å². The van der Waals surface area contributed by atoms with Gasteiger partial charge in [0.05, 0.1) is 23.7 Å². The van der Waals surface area contributed by atoms with Crippen molar-refractivity contribution in [2.24, 2.45) is 0 Å². The number of nitrogens with one attached hydrogen (secondary N) is 2. The largest absolute Gasteiger partial charge is 0.468 e. The fourth-order valence-electron chi connectivity index (χ4n) is 4.35. The molecule has 1 atom stereocenters. The van der Waals surface area contributed by atoms with Crippen LogP contribution in [-0.4, -0.2) is 65.4 Å². The molecular weight excluding hydrogens is 462 g/mol. The zero-order valence-corrected chi connectivity index (χ0v) is 20.5. The minimum Gasteiger partial charge on any atom is -0.468 e. The molecule has 36 heavy (non-hydrogen) atoms. The number of carbonyl (C=O) groups is 4. The van der Waals surface area contributed by atoms with Crippen molar-refractivity contribution in [2.45, 2.75) is 32.2 Å². The summed E-state index contributed by atoms with van der Waals surface area (Å²) < 4.78 is 6.57. The summed E-state index contributed by atoms with van der Waals surface area (Å²) in [6.45, 7) is 2.32. The maximum Gasteiger partial charge on any atom is 0.325 e. The van der Waals surface area contributed by atoms with Gasteiger partial charge in [0.2, 0.25) is 5.95 Å². The van der Waals surface area contributed by atoms with Crippen LogP contribution in [0.15, 0.2) is 42.5 Å². The highest BCUT2D eigenvalue weighted by atomic mass is 16.5. The summed E-state index contributed by atoms with van der Waals surface area (Å²) in [7, 11) is 2.80. The van der Waals surface area contributed by atoms with Crippen LogP contribution in [0, 0.1) is 0 Å². The molecule has 0 aliphatic carbocycles. The summed E-state index contributed by atoms with van der Waals surface area (Å²) in [5.74, 6) is -1.21. The van der Waals surface area contributed by atoms with Crippen LogP contribution >= 0.6 is 0 Å². The van der Waals surface area contributed by atoms with Gasteiger partial charge >= 0.3 is 5.97 Å². The van der Waals surface area contributed by atoms with Crippen LogP contribution in [0.5, 0.6) is 0 Å². The quantitative estimate of drug-likeness (QED) is 0.543. The van der Waals surface area contributed by atoms with E-state index in [0.29, 0.717) is 40.2 Å². The smallest absolute Gasteiger partial charge is 0.325 e. The molecule has 3 amide bonds. The van der Waals surface area contributed by atoms with Crippen molar-refractivity contribution in [3.8, 4) is 0 Å². The molecule has 0 radical (unpaired) electrons. The van der Waals surface area contributed by atoms with Crippen molar-refractivity contribution >= 4 is 40.7 Å². The average molecular weight is 492 g/mol. The van der Waals surface area contributed by atoms with Crippen molar-refractivity contribution in [3.63, 3.8) is 0 Å². The lowest BCUT2D eigenvalue weighted by atomic mass is 10.1. The molecule has 10 nitrogen and oxygen atoms in total. The molecule has 1 aliphatic rings. The number of hydrogen-bond acceptors (Lipinski definition) is 6. The van der Waals surface area contributed by atoms with Crippen molar-refractivity contribution in [2.75, 3.05) is 32.6 Å². The number of ether oxygens (including phenoxy) is 1. The molecule has 3 aromatic rings. The Morgan fingerprint density at radius 2 is 1.83 bits per heavy atom. The Hall–Kier alpha value is -4.21. The monoisotopic (exact) mass is 491 g/mol. The van der Waals surface area contributed by atoms with E-state index in [1.165, 1.54) is 19.1 Å². The number of imidazole rings is 1. The van der Waals surface area contributed by atoms with Gasteiger partial charge in [-0.2, -0.15) is 0 Å². The zero-order chi connectivity index (χ0) is 25.8. The molecule has 2 bridgehead atoms. The van der Waals surface area contributed by atoms with Crippen LogP contribution in [0.3, 0.4) is 0 Å². The first-order valence-electron chi connectivity index (χ1n) is 11.8. The third kappa shape index (κ3) is 5.07. The van der Waals surface area contributed by atoms with E-state index in [-0.39, 0.29) is 24.4 Å². The van der Waals surface area contributed by atoms with Gasteiger partial charge in [-0.15, -0.1) is 0 Å². The van der Waals surface area contributed by atoms with E-state index in [4.69, 9.17) is 4.74 Å². The van der Waals surface area contributed by atoms with Crippen LogP contribution in [-0.2, 0) is 9.53 Å². The van der Waals surface area contributed by atoms with E-state index < -0.39 is 11.9 Å². The van der Waals surface area contributed by atoms with Crippen LogP contribution in [0.4, 0.5) is 5.95 Å². The van der Waals surface area contributed by atoms with Crippen molar-refractivity contribution in [1.82, 2.24) is 19.8 Å². The molecule has 1 unspecified atom stereocenters. The van der Waals surface area contributed by atoms with E-state index in [2.05, 4.69) is 15.6 Å². The average Bonchev–Trinajstić information content (AvgIpc) is 3.25. The van der Waals surface area contributed by atoms with Gasteiger partial charge in [-0.25, -0.2) is 4.98 Å². The summed E-state index contributed by atoms with van der Waals surface area (Å²) in [5, 5.41) is 5.77. The first kappa shape index (κ1) is 24.9. The predicted octanol–water partition coefficient (Wildman–Crippen LogP) is 3.01. The highest BCUT2D eigenvalue weighted by Crippen LogP contribution is 2.31. The van der Waals surface area contributed by atoms with Gasteiger partial charge in [0.1, 0.15) is 6.54 Å². The molecule has 4 rings (SSSR count). The van der Waals surface area contributed by atoms with E-state index in [1.54, 1.807) is 42.5 Å². The van der Waals surface area contributed by atoms with Gasteiger partial charge in [-0.05, 0) is 56.5 Å². The maximum atomic E-state index is 13.3. The summed E-state index contributed by atoms with van der Waals surface area (Å²) in [6, 6.07) is 11.6. The fourth-order valence-corrected chi connectivity index (χ4v) is 4.35. The molecule has 10 heteroatoms. The molecule has 2 N–H and O–H groups in total. The Kier molecular flexibility index (Phi) is 7.33. The zero-order valence-electron chi connectivity index (χ0n) is 20.5. The minimum atomic E-state index is -0.524. The standard InChI is InChI=1S/C26H29N5O5/c1-16-8-4-5-13-27-23(33)17-9-6-10-18(14-17)24(34)29-26-28-20-12-7-11-19(22(20)31(16)26)25(35)30(2)15-21(32)36-3/h6-7,9-12,14,16H,4-5,8,13,15H2,1-3H3,(H,27,33)(H,28,29,34). The number of anilines is 1. The highest BCUT2D eigenvalue weighted by molar-refractivity contribution is 6.09. The fraction of sp³-hybridized carbons (Fsp3) is 0.346. The van der Waals surface area contributed by atoms with E-state index in [0.717, 1.165) is 19.3 Å². The van der Waals surface area contributed by atoms with Gasteiger partial charge in [0, 0.05) is 30.8 Å². The highest BCUT2D eigenvalue weighted by Gasteiger charge is 2.25. The number of para-hydroxylation sites is 1. The molecule has 0 saturated heterocycles. The normalized spacial score (nSPS) is 16.4. The second kappa shape index (κ2) is 10.6. The van der Waals surface area contributed by atoms with Crippen molar-refractivity contribution < 1.29 is 23.9 Å². The van der Waals surface area contributed by atoms with Gasteiger partial charge in [-0.1, -0.05) is 12.1 Å². The number of methoxy groups -OCH3 is 1.